The molecule has 1 unspecified atom stereocenters. The number of benzene rings is 1. The van der Waals surface area contributed by atoms with Gasteiger partial charge in [-0.25, -0.2) is 18.0 Å². The number of carbonyl (C=O) groups is 3. The van der Waals surface area contributed by atoms with Crippen molar-refractivity contribution in [3.8, 4) is 5.75 Å². The van der Waals surface area contributed by atoms with Gasteiger partial charge in [0.15, 0.2) is 9.84 Å². The molecule has 5 atom stereocenters. The minimum absolute atomic E-state index is 0.0289. The van der Waals surface area contributed by atoms with Gasteiger partial charge in [0.25, 0.3) is 0 Å². The van der Waals surface area contributed by atoms with Gasteiger partial charge in [0.2, 0.25) is 5.91 Å². The number of hydrogen-bond acceptors (Lipinski definition) is 10. The number of nitrogens with zero attached hydrogens (tertiary/aromatic N) is 2. The van der Waals surface area contributed by atoms with Crippen molar-refractivity contribution < 1.29 is 46.3 Å². The van der Waals surface area contributed by atoms with Crippen molar-refractivity contribution in [2.75, 3.05) is 31.9 Å². The lowest BCUT2D eigenvalue weighted by Crippen LogP contribution is -2.65. The molecule has 0 radical (unpaired) electrons. The summed E-state index contributed by atoms with van der Waals surface area (Å²) in [5.74, 6) is 0.500. The highest BCUT2D eigenvalue weighted by atomic mass is 32.2. The molecular weight excluding hydrogens is 687 g/mol. The van der Waals surface area contributed by atoms with Crippen LogP contribution in [0, 0.1) is 24.2 Å². The van der Waals surface area contributed by atoms with Crippen molar-refractivity contribution >= 4 is 34.9 Å². The van der Waals surface area contributed by atoms with E-state index in [2.05, 4.69) is 20.8 Å². The van der Waals surface area contributed by atoms with E-state index >= 15 is 0 Å². The van der Waals surface area contributed by atoms with Crippen LogP contribution < -0.4 is 4.74 Å². The summed E-state index contributed by atoms with van der Waals surface area (Å²) in [5.41, 5.74) is 0.642. The maximum Gasteiger partial charge on any atom is 0.457 e. The van der Waals surface area contributed by atoms with Gasteiger partial charge in [-0.3, -0.25) is 4.79 Å². The van der Waals surface area contributed by atoms with Crippen LogP contribution in [-0.4, -0.2) is 109 Å². The Morgan fingerprint density at radius 2 is 1.63 bits per heavy atom. The Hall–Kier alpha value is -2.84. The first kappa shape index (κ1) is 38.9. The van der Waals surface area contributed by atoms with E-state index in [-0.39, 0.29) is 68.5 Å². The summed E-state index contributed by atoms with van der Waals surface area (Å²) in [6.45, 7) is 19.9. The molecule has 3 saturated carbocycles. The molecule has 12 nitrogen and oxygen atoms in total. The quantitative estimate of drug-likeness (QED) is 0.257. The van der Waals surface area contributed by atoms with Crippen molar-refractivity contribution in [3.63, 3.8) is 0 Å². The average molecular weight is 745 g/mol. The normalized spacial score (nSPS) is 29.5. The monoisotopic (exact) mass is 744 g/mol. The summed E-state index contributed by atoms with van der Waals surface area (Å²) in [6.07, 6.45) is 2.41. The first-order valence-electron chi connectivity index (χ1n) is 18.8. The van der Waals surface area contributed by atoms with Crippen LogP contribution in [0.15, 0.2) is 12.1 Å². The van der Waals surface area contributed by atoms with Crippen LogP contribution in [0.1, 0.15) is 103 Å². The van der Waals surface area contributed by atoms with Crippen molar-refractivity contribution in [3.05, 3.63) is 28.8 Å². The van der Waals surface area contributed by atoms with Crippen molar-refractivity contribution in [2.24, 2.45) is 17.3 Å². The maximum absolute atomic E-state index is 13.6. The predicted molar refractivity (Wildman–Crippen MR) is 196 cm³/mol. The second-order valence-corrected chi connectivity index (χ2v) is 20.7. The van der Waals surface area contributed by atoms with Gasteiger partial charge in [0.1, 0.15) is 28.6 Å². The average Bonchev–Trinajstić information content (AvgIpc) is 3.33. The van der Waals surface area contributed by atoms with E-state index in [0.29, 0.717) is 35.9 Å². The third-order valence-electron chi connectivity index (χ3n) is 11.9. The molecule has 3 saturated heterocycles. The molecule has 3 aliphatic heterocycles. The van der Waals surface area contributed by atoms with Crippen LogP contribution in [0.25, 0.3) is 0 Å². The van der Waals surface area contributed by atoms with Gasteiger partial charge >= 0.3 is 19.2 Å². The molecule has 288 valence electrons. The summed E-state index contributed by atoms with van der Waals surface area (Å²) in [4.78, 5) is 42.4. The zero-order valence-electron chi connectivity index (χ0n) is 32.6. The maximum atomic E-state index is 13.6. The fourth-order valence-corrected chi connectivity index (χ4v) is 10.4. The minimum atomic E-state index is -3.57. The van der Waals surface area contributed by atoms with Crippen LogP contribution >= 0.6 is 0 Å². The van der Waals surface area contributed by atoms with Crippen LogP contribution in [0.3, 0.4) is 0 Å². The summed E-state index contributed by atoms with van der Waals surface area (Å²) in [6, 6.07) is 3.76. The van der Waals surface area contributed by atoms with Crippen molar-refractivity contribution in [1.82, 2.24) is 9.80 Å². The van der Waals surface area contributed by atoms with E-state index in [0.717, 1.165) is 17.5 Å². The van der Waals surface area contributed by atoms with E-state index in [1.165, 1.54) is 11.3 Å². The molecule has 1 aromatic carbocycles. The predicted octanol–water partition coefficient (Wildman–Crippen LogP) is 5.23. The van der Waals surface area contributed by atoms with E-state index in [1.54, 1.807) is 31.7 Å². The first-order valence-corrected chi connectivity index (χ1v) is 20.5. The van der Waals surface area contributed by atoms with E-state index < -0.39 is 44.5 Å². The highest BCUT2D eigenvalue weighted by molar-refractivity contribution is 7.92. The molecule has 0 N–H and O–H groups in total. The van der Waals surface area contributed by atoms with Gasteiger partial charge in [-0.15, -0.1) is 0 Å². The summed E-state index contributed by atoms with van der Waals surface area (Å²) in [5, 5.41) is -1.01. The Morgan fingerprint density at radius 3 is 2.27 bits per heavy atom. The molecule has 3 aliphatic carbocycles. The molecule has 7 rings (SSSR count). The smallest absolute Gasteiger partial charge is 0.457 e. The number of ether oxygens (including phenoxy) is 3. The number of amides is 2. The van der Waals surface area contributed by atoms with Gasteiger partial charge in [-0.05, 0) is 115 Å². The van der Waals surface area contributed by atoms with Crippen LogP contribution in [0.4, 0.5) is 4.79 Å². The third kappa shape index (κ3) is 7.71. The molecule has 6 aliphatic rings. The Kier molecular flexibility index (Phi) is 10.1. The number of esters is 1. The molecule has 2 amide bonds. The summed E-state index contributed by atoms with van der Waals surface area (Å²) in [7, 11) is -3.88. The Morgan fingerprint density at radius 1 is 0.962 bits per heavy atom. The lowest BCUT2D eigenvalue weighted by Gasteiger charge is -2.64. The van der Waals surface area contributed by atoms with Gasteiger partial charge in [-0.2, -0.15) is 0 Å². The second-order valence-electron chi connectivity index (χ2n) is 18.3. The van der Waals surface area contributed by atoms with E-state index in [9.17, 15) is 22.8 Å². The Labute approximate surface area is 309 Å². The molecule has 14 heteroatoms. The minimum Gasteiger partial charge on any atom is -0.486 e. The molecule has 1 aromatic rings. The lowest BCUT2D eigenvalue weighted by atomic mass is 9.43. The number of sulfone groups is 1. The molecule has 0 spiro atoms. The standard InChI is InChI=1S/C38H57BN2O10S/c1-23-24(13-14-39-50-30-18-25-17-29(37(25,8)9)38(30,10)51-39)11-12-28(32(23)33(43)48-35(2,3)4)47-26-20-41(21-26)31(42)19-27-22-40(15-16-52(27,45)46)34(44)49-36(5,6)7/h11-12,25-27,29-30H,13-22H2,1-10H3/t25-,27?,29-,30+,38-/m0/s1. The molecular formula is C38H57BN2O10S. The van der Waals surface area contributed by atoms with Crippen LogP contribution in [0.2, 0.25) is 6.32 Å². The van der Waals surface area contributed by atoms with E-state index in [1.807, 2.05) is 33.8 Å². The summed E-state index contributed by atoms with van der Waals surface area (Å²) >= 11 is 0. The number of hydrogen-bond donors (Lipinski definition) is 0. The van der Waals surface area contributed by atoms with Crippen LogP contribution in [0.5, 0.6) is 5.75 Å². The van der Waals surface area contributed by atoms with Gasteiger partial charge in [0.05, 0.1) is 35.8 Å². The number of rotatable bonds is 8. The zero-order chi connectivity index (χ0) is 38.2. The lowest BCUT2D eigenvalue weighted by molar-refractivity contribution is -0.199. The number of carbonyl (C=O) groups excluding carboxylic acids is 3. The van der Waals surface area contributed by atoms with Crippen molar-refractivity contribution in [2.45, 2.75) is 136 Å². The van der Waals surface area contributed by atoms with Gasteiger partial charge in [-0.1, -0.05) is 19.9 Å². The van der Waals surface area contributed by atoms with E-state index in [4.69, 9.17) is 23.5 Å². The SMILES string of the molecule is Cc1c(CCB2O[C@@H]3C[C@@H]4C[C@@H](C4(C)C)[C@]3(C)O2)ccc(OC2CN(C(=O)CC3CN(C(=O)OC(C)(C)C)CCS3(=O)=O)C2)c1C(=O)OC(C)(C)C. The molecule has 2 bridgehead atoms. The molecule has 6 fully saturated rings. The topological polar surface area (TPSA) is 138 Å². The van der Waals surface area contributed by atoms with Crippen LogP contribution in [-0.2, 0) is 39.8 Å². The molecule has 52 heavy (non-hydrogen) atoms. The highest BCUT2D eigenvalue weighted by Crippen LogP contribution is 2.65. The second kappa shape index (κ2) is 13.5. The zero-order valence-corrected chi connectivity index (χ0v) is 33.4. The van der Waals surface area contributed by atoms with Gasteiger partial charge in [0, 0.05) is 19.5 Å². The third-order valence-corrected chi connectivity index (χ3v) is 14.0. The fraction of sp³-hybridized carbons (Fsp3) is 0.763. The van der Waals surface area contributed by atoms with Crippen molar-refractivity contribution in [1.29, 1.82) is 0 Å². The number of aryl methyl sites for hydroxylation is 1. The largest absolute Gasteiger partial charge is 0.486 e. The number of likely N-dealkylation sites (tertiary alicyclic amines) is 1. The first-order chi connectivity index (χ1) is 24.0. The summed E-state index contributed by atoms with van der Waals surface area (Å²) < 4.78 is 56.4. The Bertz CT molecular complexity index is 1700. The van der Waals surface area contributed by atoms with Gasteiger partial charge < -0.3 is 33.3 Å². The highest BCUT2D eigenvalue weighted by Gasteiger charge is 2.67. The molecule has 0 aromatic heterocycles. The fourth-order valence-electron chi connectivity index (χ4n) is 8.79. The Balaban J connectivity index is 1.08. The molecule has 3 heterocycles.